The molecular weight excluding hydrogens is 320 g/mol. The van der Waals surface area contributed by atoms with Gasteiger partial charge in [-0.15, -0.1) is 23.1 Å². The number of hydrogen-bond donors (Lipinski definition) is 0. The molecule has 0 saturated heterocycles. The fraction of sp³-hybridized carbons (Fsp3) is 0.357. The lowest BCUT2D eigenvalue weighted by molar-refractivity contribution is -0.407. The highest BCUT2D eigenvalue weighted by molar-refractivity contribution is 8.14. The fourth-order valence-corrected chi connectivity index (χ4v) is 3.83. The fourth-order valence-electron chi connectivity index (χ4n) is 2.35. The number of carbonyl (C=O) groups is 2. The van der Waals surface area contributed by atoms with Crippen molar-refractivity contribution in [1.29, 1.82) is 0 Å². The van der Waals surface area contributed by atoms with Crippen molar-refractivity contribution in [3.05, 3.63) is 22.4 Å². The van der Waals surface area contributed by atoms with Gasteiger partial charge in [0.2, 0.25) is 5.84 Å². The van der Waals surface area contributed by atoms with Crippen molar-refractivity contribution in [3.8, 4) is 0 Å². The maximum atomic E-state index is 12.5. The quantitative estimate of drug-likeness (QED) is 0.776. The molecule has 3 amide bonds. The zero-order chi connectivity index (χ0) is 15.9. The molecule has 1 unspecified atom stereocenters. The normalized spacial score (nSPS) is 21.8. The van der Waals surface area contributed by atoms with Crippen molar-refractivity contribution in [2.45, 2.75) is 6.92 Å². The molecule has 8 heteroatoms. The molecule has 0 N–H and O–H groups in total. The third kappa shape index (κ3) is 2.32. The Labute approximate surface area is 136 Å². The molecule has 0 spiro atoms. The highest BCUT2D eigenvalue weighted by atomic mass is 32.2. The Morgan fingerprint density at radius 2 is 2.18 bits per heavy atom. The number of thiophene rings is 1. The molecule has 114 valence electrons. The molecule has 0 aliphatic carbocycles. The Bertz CT molecular complexity index is 734. The maximum absolute atomic E-state index is 12.5. The molecule has 2 aliphatic rings. The molecule has 3 rings (SSSR count). The van der Waals surface area contributed by atoms with Crippen LogP contribution >= 0.6 is 23.1 Å². The molecule has 0 fully saturated rings. The van der Waals surface area contributed by atoms with Crippen molar-refractivity contribution in [1.82, 2.24) is 4.90 Å². The van der Waals surface area contributed by atoms with Crippen LogP contribution in [0.15, 0.2) is 27.5 Å². The molecule has 0 bridgehead atoms. The Morgan fingerprint density at radius 1 is 1.41 bits per heavy atom. The number of nitrogens with zero attached hydrogens (tertiary/aromatic N) is 4. The van der Waals surface area contributed by atoms with Crippen LogP contribution in [0.1, 0.15) is 11.8 Å². The highest BCUT2D eigenvalue weighted by Gasteiger charge is 2.49. The van der Waals surface area contributed by atoms with E-state index in [1.165, 1.54) is 34.7 Å². The summed E-state index contributed by atoms with van der Waals surface area (Å²) in [6.45, 7) is 2.01. The summed E-state index contributed by atoms with van der Waals surface area (Å²) >= 11 is 3.05. The van der Waals surface area contributed by atoms with Gasteiger partial charge in [-0.25, -0.2) is 9.79 Å². The van der Waals surface area contributed by atoms with Crippen molar-refractivity contribution in [2.75, 3.05) is 19.8 Å². The Morgan fingerprint density at radius 3 is 2.82 bits per heavy atom. The van der Waals surface area contributed by atoms with Gasteiger partial charge < -0.3 is 0 Å². The third-order valence-corrected chi connectivity index (χ3v) is 5.25. The lowest BCUT2D eigenvalue weighted by Gasteiger charge is -2.26. The van der Waals surface area contributed by atoms with E-state index in [4.69, 9.17) is 0 Å². The second kappa shape index (κ2) is 5.77. The predicted octanol–water partition coefficient (Wildman–Crippen LogP) is 1.91. The molecule has 2 aliphatic heterocycles. The average molecular weight is 335 g/mol. The highest BCUT2D eigenvalue weighted by Crippen LogP contribution is 2.27. The number of fused-ring (bicyclic) bond motifs is 1. The first-order valence-corrected chi connectivity index (χ1v) is 8.67. The SMILES string of the molecule is CCSC1=NC(c2cccs2)=NC2=[N+](C)C(=O)N(C)C(=O)C12. The monoisotopic (exact) mass is 335 g/mol. The topological polar surface area (TPSA) is 65.1 Å². The van der Waals surface area contributed by atoms with E-state index in [2.05, 4.69) is 9.98 Å². The largest absolute Gasteiger partial charge is 0.445 e. The Kier molecular flexibility index (Phi) is 3.96. The molecule has 0 aromatic carbocycles. The Balaban J connectivity index is 2.17. The van der Waals surface area contributed by atoms with Crippen LogP contribution < -0.4 is 0 Å². The summed E-state index contributed by atoms with van der Waals surface area (Å²) in [5.74, 6) is 0.972. The van der Waals surface area contributed by atoms with Crippen LogP contribution in [0.3, 0.4) is 0 Å². The number of amides is 3. The molecule has 1 atom stereocenters. The summed E-state index contributed by atoms with van der Waals surface area (Å²) in [5, 5.41) is 2.65. The average Bonchev–Trinajstić information content (AvgIpc) is 3.05. The number of rotatable bonds is 2. The van der Waals surface area contributed by atoms with Crippen LogP contribution in [0.4, 0.5) is 4.79 Å². The summed E-state index contributed by atoms with van der Waals surface area (Å²) in [6.07, 6.45) is 0. The lowest BCUT2D eigenvalue weighted by Crippen LogP contribution is -2.54. The van der Waals surface area contributed by atoms with E-state index in [-0.39, 0.29) is 11.9 Å². The van der Waals surface area contributed by atoms with Crippen molar-refractivity contribution in [2.24, 2.45) is 15.9 Å². The smallest absolute Gasteiger partial charge is 0.255 e. The van der Waals surface area contributed by atoms with Gasteiger partial charge in [0.05, 0.1) is 19.0 Å². The van der Waals surface area contributed by atoms with Gasteiger partial charge in [-0.2, -0.15) is 9.48 Å². The summed E-state index contributed by atoms with van der Waals surface area (Å²) < 4.78 is 1.44. The van der Waals surface area contributed by atoms with E-state index in [0.717, 1.165) is 15.5 Å². The number of urea groups is 1. The first-order valence-electron chi connectivity index (χ1n) is 6.80. The van der Waals surface area contributed by atoms with Crippen molar-refractivity contribution >= 4 is 51.8 Å². The second-order valence-corrected chi connectivity index (χ2v) is 7.06. The first-order chi connectivity index (χ1) is 10.5. The molecule has 0 saturated carbocycles. The van der Waals surface area contributed by atoms with Gasteiger partial charge in [0.25, 0.3) is 5.84 Å². The van der Waals surface area contributed by atoms with Gasteiger partial charge >= 0.3 is 11.9 Å². The summed E-state index contributed by atoms with van der Waals surface area (Å²) in [4.78, 5) is 35.8. The van der Waals surface area contributed by atoms with Crippen LogP contribution in [0, 0.1) is 5.92 Å². The molecule has 6 nitrogen and oxygen atoms in total. The van der Waals surface area contributed by atoms with Gasteiger partial charge in [-0.05, 0) is 17.2 Å². The van der Waals surface area contributed by atoms with Gasteiger partial charge in [0.1, 0.15) is 5.04 Å². The van der Waals surface area contributed by atoms with Crippen LogP contribution in [0.2, 0.25) is 0 Å². The van der Waals surface area contributed by atoms with E-state index in [1.54, 1.807) is 7.05 Å². The van der Waals surface area contributed by atoms with E-state index in [1.807, 2.05) is 24.4 Å². The lowest BCUT2D eigenvalue weighted by atomic mass is 10.0. The number of carbonyl (C=O) groups excluding carboxylic acids is 2. The predicted molar refractivity (Wildman–Crippen MR) is 89.3 cm³/mol. The number of imide groups is 1. The number of aliphatic imine (C=N–C) groups is 2. The van der Waals surface area contributed by atoms with E-state index in [9.17, 15) is 9.59 Å². The van der Waals surface area contributed by atoms with Gasteiger partial charge in [-0.1, -0.05) is 18.0 Å². The molecule has 22 heavy (non-hydrogen) atoms. The molecular formula is C14H15N4O2S2+. The van der Waals surface area contributed by atoms with Crippen LogP contribution in [0.25, 0.3) is 0 Å². The molecule has 1 aromatic rings. The summed E-state index contributed by atoms with van der Waals surface area (Å²) in [7, 11) is 3.13. The summed E-state index contributed by atoms with van der Waals surface area (Å²) in [5.41, 5.74) is 0. The minimum absolute atomic E-state index is 0.272. The third-order valence-electron chi connectivity index (χ3n) is 3.47. The molecule has 1 aromatic heterocycles. The Hall–Kier alpha value is -1.80. The van der Waals surface area contributed by atoms with Crippen LogP contribution in [-0.2, 0) is 4.79 Å². The zero-order valence-corrected chi connectivity index (χ0v) is 14.1. The first kappa shape index (κ1) is 15.1. The van der Waals surface area contributed by atoms with Crippen LogP contribution in [0.5, 0.6) is 0 Å². The maximum Gasteiger partial charge on any atom is 0.445 e. The second-order valence-electron chi connectivity index (χ2n) is 4.83. The minimum Gasteiger partial charge on any atom is -0.255 e. The van der Waals surface area contributed by atoms with Gasteiger partial charge in [-0.3, -0.25) is 4.79 Å². The molecule has 0 radical (unpaired) electrons. The van der Waals surface area contributed by atoms with Gasteiger partial charge in [0.15, 0.2) is 5.92 Å². The van der Waals surface area contributed by atoms with Crippen LogP contribution in [-0.4, -0.2) is 58.0 Å². The number of hydrogen-bond acceptors (Lipinski definition) is 6. The van der Waals surface area contributed by atoms with E-state index in [0.29, 0.717) is 16.7 Å². The number of amidine groups is 2. The number of thioether (sulfide) groups is 1. The molecule has 3 heterocycles. The summed E-state index contributed by atoms with van der Waals surface area (Å²) in [6, 6.07) is 3.49. The van der Waals surface area contributed by atoms with Crippen molar-refractivity contribution in [3.63, 3.8) is 0 Å². The van der Waals surface area contributed by atoms with Crippen molar-refractivity contribution < 1.29 is 14.2 Å². The van der Waals surface area contributed by atoms with E-state index >= 15 is 0 Å². The van der Waals surface area contributed by atoms with E-state index < -0.39 is 5.92 Å². The zero-order valence-electron chi connectivity index (χ0n) is 12.4. The standard InChI is InChI=1S/C14H15N4O2S2/c1-4-21-12-9-11(17(2)14(20)18(3)13(9)19)15-10(16-12)8-6-5-7-22-8/h5-7,9H,4H2,1-3H3/q+1. The minimum atomic E-state index is -0.582. The van der Waals surface area contributed by atoms with Gasteiger partial charge in [0, 0.05) is 0 Å².